The fraction of sp³-hybridized carbons (Fsp3) is 0.133. The van der Waals surface area contributed by atoms with Crippen molar-refractivity contribution in [2.75, 3.05) is 12.4 Å². The summed E-state index contributed by atoms with van der Waals surface area (Å²) in [7, 11) is 1.69. The van der Waals surface area contributed by atoms with Crippen LogP contribution in [0.3, 0.4) is 0 Å². The summed E-state index contributed by atoms with van der Waals surface area (Å²) in [5, 5.41) is 3.01. The number of allylic oxidation sites excluding steroid dienone is 2. The number of nitrogens with one attached hydrogen (secondary N) is 1. The lowest BCUT2D eigenvalue weighted by molar-refractivity contribution is 1.27. The number of fused-ring (bicyclic) bond motifs is 1. The Balaban J connectivity index is 2.24. The molecule has 0 aliphatic rings. The van der Waals surface area contributed by atoms with Gasteiger partial charge in [0.2, 0.25) is 0 Å². The number of hydrogen-bond acceptors (Lipinski definition) is 4. The molecule has 0 saturated carbocycles. The van der Waals surface area contributed by atoms with Crippen LogP contribution in [0.4, 0.5) is 5.82 Å². The number of para-hydroxylation sites is 2. The Bertz CT molecular complexity index is 656. The average Bonchev–Trinajstić information content (AvgIpc) is 2.44. The van der Waals surface area contributed by atoms with Gasteiger partial charge in [0.25, 0.3) is 0 Å². The van der Waals surface area contributed by atoms with Crippen LogP contribution in [-0.2, 0) is 0 Å². The van der Waals surface area contributed by atoms with E-state index in [1.165, 1.54) is 0 Å². The van der Waals surface area contributed by atoms with Gasteiger partial charge in [-0.25, -0.2) is 4.98 Å². The zero-order valence-electron chi connectivity index (χ0n) is 11.0. The molecule has 0 atom stereocenters. The first-order valence-electron chi connectivity index (χ1n) is 5.95. The summed E-state index contributed by atoms with van der Waals surface area (Å²) in [6, 6.07) is 7.67. The molecule has 19 heavy (non-hydrogen) atoms. The van der Waals surface area contributed by atoms with Crippen LogP contribution in [-0.4, -0.2) is 22.7 Å². The quantitative estimate of drug-likeness (QED) is 0.850. The lowest BCUT2D eigenvalue weighted by Crippen LogP contribution is -2.09. The summed E-state index contributed by atoms with van der Waals surface area (Å²) < 4.78 is 0. The van der Waals surface area contributed by atoms with E-state index in [4.69, 9.17) is 6.58 Å². The zero-order chi connectivity index (χ0) is 13.7. The molecule has 1 aromatic heterocycles. The van der Waals surface area contributed by atoms with Gasteiger partial charge in [-0.15, -0.1) is 0 Å². The van der Waals surface area contributed by atoms with Crippen LogP contribution in [0.25, 0.3) is 11.0 Å². The van der Waals surface area contributed by atoms with E-state index in [0.29, 0.717) is 17.2 Å². The van der Waals surface area contributed by atoms with Crippen molar-refractivity contribution in [2.24, 2.45) is 4.99 Å². The highest BCUT2D eigenvalue weighted by atomic mass is 15.0. The third-order valence-corrected chi connectivity index (χ3v) is 2.55. The van der Waals surface area contributed by atoms with Gasteiger partial charge in [0, 0.05) is 7.05 Å². The Morgan fingerprint density at radius 3 is 2.74 bits per heavy atom. The molecule has 0 aliphatic carbocycles. The molecular formula is C15H15N4. The second-order valence-corrected chi connectivity index (χ2v) is 3.89. The van der Waals surface area contributed by atoms with Gasteiger partial charge in [-0.05, 0) is 31.7 Å². The van der Waals surface area contributed by atoms with E-state index in [1.54, 1.807) is 13.2 Å². The molecule has 1 N–H and O–H groups in total. The molecular weight excluding hydrogens is 236 g/mol. The van der Waals surface area contributed by atoms with Crippen molar-refractivity contribution in [1.29, 1.82) is 0 Å². The number of nitrogens with zero attached hydrogens (tertiary/aromatic N) is 3. The van der Waals surface area contributed by atoms with Gasteiger partial charge in [-0.3, -0.25) is 9.98 Å². The van der Waals surface area contributed by atoms with Crippen LogP contribution in [0.2, 0.25) is 0 Å². The summed E-state index contributed by atoms with van der Waals surface area (Å²) in [5.74, 6) is 0.599. The summed E-state index contributed by atoms with van der Waals surface area (Å²) in [4.78, 5) is 12.8. The monoisotopic (exact) mass is 251 g/mol. The lowest BCUT2D eigenvalue weighted by atomic mass is 10.2. The van der Waals surface area contributed by atoms with E-state index in [1.807, 2.05) is 43.3 Å². The molecule has 2 rings (SSSR count). The van der Waals surface area contributed by atoms with Crippen molar-refractivity contribution in [3.63, 3.8) is 0 Å². The van der Waals surface area contributed by atoms with E-state index >= 15 is 0 Å². The third kappa shape index (κ3) is 3.04. The standard InChI is InChI=1S/C15H15N4/c1-4-7-12(16-3)11(2)18-15-10-17-13-8-5-6-9-14(13)19-15/h2,4-10H,1,3H3,(H,18,19)/b7-4-,11-2?,16-12?. The van der Waals surface area contributed by atoms with E-state index < -0.39 is 0 Å². The van der Waals surface area contributed by atoms with Crippen molar-refractivity contribution in [1.82, 2.24) is 9.97 Å². The lowest BCUT2D eigenvalue weighted by Gasteiger charge is -2.08. The van der Waals surface area contributed by atoms with Crippen molar-refractivity contribution in [2.45, 2.75) is 6.92 Å². The Morgan fingerprint density at radius 1 is 1.32 bits per heavy atom. The predicted molar refractivity (Wildman–Crippen MR) is 79.1 cm³/mol. The van der Waals surface area contributed by atoms with E-state index in [-0.39, 0.29) is 0 Å². The molecule has 4 heteroatoms. The highest BCUT2D eigenvalue weighted by Crippen LogP contribution is 2.13. The molecule has 2 aromatic rings. The Morgan fingerprint density at radius 2 is 2.05 bits per heavy atom. The summed E-state index contributed by atoms with van der Waals surface area (Å²) in [5.41, 5.74) is 2.80. The van der Waals surface area contributed by atoms with Gasteiger partial charge in [0.05, 0.1) is 28.6 Å². The van der Waals surface area contributed by atoms with E-state index in [9.17, 15) is 0 Å². The second-order valence-electron chi connectivity index (χ2n) is 3.89. The SMILES string of the molecule is [CH]=C(Nc1cnc2ccccc2n1)C(/C=C\C)=NC. The minimum Gasteiger partial charge on any atom is -0.337 e. The van der Waals surface area contributed by atoms with Crippen LogP contribution in [0.5, 0.6) is 0 Å². The zero-order valence-corrected chi connectivity index (χ0v) is 11.0. The first-order valence-corrected chi connectivity index (χ1v) is 5.95. The van der Waals surface area contributed by atoms with Crippen LogP contribution >= 0.6 is 0 Å². The van der Waals surface area contributed by atoms with Crippen LogP contribution in [0.15, 0.2) is 53.3 Å². The predicted octanol–water partition coefficient (Wildman–Crippen LogP) is 3.01. The van der Waals surface area contributed by atoms with Gasteiger partial charge >= 0.3 is 0 Å². The van der Waals surface area contributed by atoms with Gasteiger partial charge in [0.1, 0.15) is 5.82 Å². The highest BCUT2D eigenvalue weighted by Gasteiger charge is 2.03. The first kappa shape index (κ1) is 13.0. The van der Waals surface area contributed by atoms with Gasteiger partial charge in [-0.1, -0.05) is 18.2 Å². The smallest absolute Gasteiger partial charge is 0.149 e. The molecule has 1 heterocycles. The van der Waals surface area contributed by atoms with Crippen molar-refractivity contribution < 1.29 is 0 Å². The normalized spacial score (nSPS) is 12.0. The minimum absolute atomic E-state index is 0.449. The maximum Gasteiger partial charge on any atom is 0.149 e. The highest BCUT2D eigenvalue weighted by molar-refractivity contribution is 6.09. The van der Waals surface area contributed by atoms with Crippen molar-refractivity contribution in [3.05, 3.63) is 54.9 Å². The Hall–Kier alpha value is -2.49. The minimum atomic E-state index is 0.449. The van der Waals surface area contributed by atoms with Gasteiger partial charge in [-0.2, -0.15) is 0 Å². The van der Waals surface area contributed by atoms with Crippen LogP contribution < -0.4 is 5.32 Å². The topological polar surface area (TPSA) is 50.2 Å². The number of anilines is 1. The summed E-state index contributed by atoms with van der Waals surface area (Å²) >= 11 is 0. The first-order chi connectivity index (χ1) is 9.24. The fourth-order valence-corrected chi connectivity index (χ4v) is 1.66. The van der Waals surface area contributed by atoms with Crippen molar-refractivity contribution in [3.8, 4) is 0 Å². The number of rotatable bonds is 4. The third-order valence-electron chi connectivity index (χ3n) is 2.55. The Labute approximate surface area is 112 Å². The molecule has 0 unspecified atom stereocenters. The maximum absolute atomic E-state index is 5.95. The van der Waals surface area contributed by atoms with Crippen LogP contribution in [0.1, 0.15) is 6.92 Å². The molecule has 0 amide bonds. The van der Waals surface area contributed by atoms with Gasteiger partial charge in [0.15, 0.2) is 0 Å². The number of hydrogen-bond donors (Lipinski definition) is 1. The molecule has 0 bridgehead atoms. The van der Waals surface area contributed by atoms with Crippen LogP contribution in [0, 0.1) is 6.58 Å². The molecule has 0 fully saturated rings. The largest absolute Gasteiger partial charge is 0.337 e. The number of benzene rings is 1. The summed E-state index contributed by atoms with van der Waals surface area (Å²) in [6.45, 7) is 7.86. The maximum atomic E-state index is 5.95. The van der Waals surface area contributed by atoms with Gasteiger partial charge < -0.3 is 5.32 Å². The number of aliphatic imine (C=N–C) groups is 1. The van der Waals surface area contributed by atoms with E-state index in [2.05, 4.69) is 20.3 Å². The molecule has 1 aromatic carbocycles. The molecule has 95 valence electrons. The van der Waals surface area contributed by atoms with E-state index in [0.717, 1.165) is 11.0 Å². The fourth-order valence-electron chi connectivity index (χ4n) is 1.66. The molecule has 4 nitrogen and oxygen atoms in total. The number of aromatic nitrogens is 2. The van der Waals surface area contributed by atoms with Crippen molar-refractivity contribution >= 4 is 22.6 Å². The molecule has 0 spiro atoms. The molecule has 0 saturated heterocycles. The second kappa shape index (κ2) is 5.91. The molecule has 1 radical (unpaired) electrons. The average molecular weight is 251 g/mol. The molecule has 0 aliphatic heterocycles. The Kier molecular flexibility index (Phi) is 4.03. The summed E-state index contributed by atoms with van der Waals surface area (Å²) in [6.07, 6.45) is 5.36.